The molecule has 116 valence electrons. The van der Waals surface area contributed by atoms with Gasteiger partial charge in [-0.3, -0.25) is 4.79 Å². The lowest BCUT2D eigenvalue weighted by molar-refractivity contribution is -0.125. The van der Waals surface area contributed by atoms with Crippen LogP contribution in [0.15, 0.2) is 23.5 Å². The standard InChI is InChI=1S/C16H23NO4/c1-5-6-10-7-8-11-12(9-18)14(19)17(13(10)11)15(20)21-16(2,3)4/h6,9,11,13,18H,5,7-8H2,1-4H3/b10-6+,12-9+/t11-,13?/m1/s1. The normalized spacial score (nSPS) is 29.3. The van der Waals surface area contributed by atoms with E-state index >= 15 is 0 Å². The van der Waals surface area contributed by atoms with Crippen molar-refractivity contribution in [1.29, 1.82) is 0 Å². The summed E-state index contributed by atoms with van der Waals surface area (Å²) in [6.45, 7) is 7.33. The minimum Gasteiger partial charge on any atom is -0.515 e. The maximum atomic E-state index is 12.4. The molecule has 2 rings (SSSR count). The van der Waals surface area contributed by atoms with Gasteiger partial charge >= 0.3 is 6.09 Å². The van der Waals surface area contributed by atoms with Gasteiger partial charge in [0, 0.05) is 5.92 Å². The molecule has 1 heterocycles. The van der Waals surface area contributed by atoms with Crippen molar-refractivity contribution in [3.05, 3.63) is 23.5 Å². The van der Waals surface area contributed by atoms with Crippen molar-refractivity contribution >= 4 is 12.0 Å². The maximum Gasteiger partial charge on any atom is 0.417 e. The molecule has 2 fully saturated rings. The highest BCUT2D eigenvalue weighted by molar-refractivity contribution is 6.06. The Morgan fingerprint density at radius 2 is 2.14 bits per heavy atom. The van der Waals surface area contributed by atoms with Crippen LogP contribution in [0.25, 0.3) is 0 Å². The Bertz CT molecular complexity index is 513. The highest BCUT2D eigenvalue weighted by Crippen LogP contribution is 2.45. The zero-order valence-corrected chi connectivity index (χ0v) is 13.0. The van der Waals surface area contributed by atoms with Gasteiger partial charge in [0.25, 0.3) is 5.91 Å². The molecule has 0 aromatic heterocycles. The van der Waals surface area contributed by atoms with Crippen molar-refractivity contribution in [2.75, 3.05) is 0 Å². The molecule has 1 aliphatic heterocycles. The Kier molecular flexibility index (Phi) is 4.12. The van der Waals surface area contributed by atoms with Crippen LogP contribution < -0.4 is 0 Å². The van der Waals surface area contributed by atoms with Gasteiger partial charge in [-0.25, -0.2) is 9.69 Å². The molecule has 2 amide bonds. The highest BCUT2D eigenvalue weighted by atomic mass is 16.6. The fraction of sp³-hybridized carbons (Fsp3) is 0.625. The summed E-state index contributed by atoms with van der Waals surface area (Å²) in [6.07, 6.45) is 4.74. The average Bonchev–Trinajstić information content (AvgIpc) is 2.85. The number of hydrogen-bond acceptors (Lipinski definition) is 4. The first-order valence-corrected chi connectivity index (χ1v) is 7.40. The van der Waals surface area contributed by atoms with Crippen molar-refractivity contribution < 1.29 is 19.4 Å². The molecule has 1 unspecified atom stereocenters. The van der Waals surface area contributed by atoms with E-state index in [4.69, 9.17) is 4.74 Å². The topological polar surface area (TPSA) is 66.8 Å². The number of nitrogens with zero attached hydrogens (tertiary/aromatic N) is 1. The lowest BCUT2D eigenvalue weighted by Gasteiger charge is -2.27. The third kappa shape index (κ3) is 2.82. The van der Waals surface area contributed by atoms with Crippen LogP contribution in [-0.2, 0) is 9.53 Å². The third-order valence-electron chi connectivity index (χ3n) is 3.84. The average molecular weight is 293 g/mol. The molecule has 0 aromatic carbocycles. The maximum absolute atomic E-state index is 12.4. The SMILES string of the molecule is CC/C=C1\CC[C@@H]2/C(=C\O)C(=O)N(C(=O)OC(C)(C)C)C12. The minimum absolute atomic E-state index is 0.118. The van der Waals surface area contributed by atoms with Crippen LogP contribution in [-0.4, -0.2) is 33.6 Å². The van der Waals surface area contributed by atoms with E-state index in [1.807, 2.05) is 6.92 Å². The van der Waals surface area contributed by atoms with Crippen molar-refractivity contribution in [2.45, 2.75) is 58.6 Å². The summed E-state index contributed by atoms with van der Waals surface area (Å²) in [5.74, 6) is -0.559. The number of likely N-dealkylation sites (tertiary alicyclic amines) is 1. The number of allylic oxidation sites excluding steroid dienone is 1. The highest BCUT2D eigenvalue weighted by Gasteiger charge is 2.52. The molecule has 0 aromatic rings. The van der Waals surface area contributed by atoms with E-state index < -0.39 is 17.6 Å². The second-order valence-corrected chi connectivity index (χ2v) is 6.52. The Balaban J connectivity index is 2.36. The summed E-state index contributed by atoms with van der Waals surface area (Å²) >= 11 is 0. The van der Waals surface area contributed by atoms with E-state index in [9.17, 15) is 14.7 Å². The summed E-state index contributed by atoms with van der Waals surface area (Å²) in [5.41, 5.74) is 0.732. The van der Waals surface area contributed by atoms with Crippen LogP contribution in [0.5, 0.6) is 0 Å². The first-order chi connectivity index (χ1) is 9.80. The van der Waals surface area contributed by atoms with Gasteiger partial charge in [0.05, 0.1) is 17.9 Å². The Labute approximate surface area is 125 Å². The van der Waals surface area contributed by atoms with Gasteiger partial charge in [-0.2, -0.15) is 0 Å². The first kappa shape index (κ1) is 15.6. The van der Waals surface area contributed by atoms with Crippen LogP contribution in [0.3, 0.4) is 0 Å². The molecule has 1 saturated heterocycles. The van der Waals surface area contributed by atoms with Crippen LogP contribution in [0.1, 0.15) is 47.0 Å². The molecule has 2 aliphatic rings. The Morgan fingerprint density at radius 1 is 1.48 bits per heavy atom. The van der Waals surface area contributed by atoms with Gasteiger partial charge in [-0.05, 0) is 40.0 Å². The molecule has 5 nitrogen and oxygen atoms in total. The predicted molar refractivity (Wildman–Crippen MR) is 78.7 cm³/mol. The summed E-state index contributed by atoms with van der Waals surface area (Å²) in [5, 5.41) is 9.35. The Morgan fingerprint density at radius 3 is 2.67 bits per heavy atom. The van der Waals surface area contributed by atoms with Crippen LogP contribution in [0.4, 0.5) is 4.79 Å². The number of aliphatic hydroxyl groups excluding tert-OH is 1. The molecule has 5 heteroatoms. The summed E-state index contributed by atoms with van der Waals surface area (Å²) in [7, 11) is 0. The zero-order chi connectivity index (χ0) is 15.8. The smallest absolute Gasteiger partial charge is 0.417 e. The van der Waals surface area contributed by atoms with Gasteiger partial charge in [0.15, 0.2) is 0 Å². The second kappa shape index (κ2) is 5.54. The largest absolute Gasteiger partial charge is 0.515 e. The predicted octanol–water partition coefficient (Wildman–Crippen LogP) is 3.32. The van der Waals surface area contributed by atoms with E-state index in [2.05, 4.69) is 6.08 Å². The molecular formula is C16H23NO4. The lowest BCUT2D eigenvalue weighted by atomic mass is 9.98. The van der Waals surface area contributed by atoms with Gasteiger partial charge in [0.2, 0.25) is 0 Å². The molecule has 1 aliphatic carbocycles. The Hall–Kier alpha value is -1.78. The van der Waals surface area contributed by atoms with Gasteiger partial charge in [-0.1, -0.05) is 18.6 Å². The van der Waals surface area contributed by atoms with E-state index in [0.29, 0.717) is 5.57 Å². The number of hydrogen-bond donors (Lipinski definition) is 1. The number of imide groups is 1. The zero-order valence-electron chi connectivity index (χ0n) is 13.0. The van der Waals surface area contributed by atoms with Crippen molar-refractivity contribution in [1.82, 2.24) is 4.90 Å². The summed E-state index contributed by atoms with van der Waals surface area (Å²) in [4.78, 5) is 25.9. The third-order valence-corrected chi connectivity index (χ3v) is 3.84. The van der Waals surface area contributed by atoms with Crippen LogP contribution in [0, 0.1) is 5.92 Å². The molecule has 0 bridgehead atoms. The van der Waals surface area contributed by atoms with E-state index in [-0.39, 0.29) is 12.0 Å². The number of carbonyl (C=O) groups excluding carboxylic acids is 2. The van der Waals surface area contributed by atoms with E-state index in [1.165, 1.54) is 4.90 Å². The minimum atomic E-state index is -0.661. The first-order valence-electron chi connectivity index (χ1n) is 7.40. The molecule has 21 heavy (non-hydrogen) atoms. The van der Waals surface area contributed by atoms with Crippen LogP contribution >= 0.6 is 0 Å². The van der Waals surface area contributed by atoms with Gasteiger partial charge < -0.3 is 9.84 Å². The molecular weight excluding hydrogens is 270 g/mol. The van der Waals surface area contributed by atoms with Crippen molar-refractivity contribution in [2.24, 2.45) is 5.92 Å². The van der Waals surface area contributed by atoms with Gasteiger partial charge in [0.1, 0.15) is 5.60 Å². The number of fused-ring (bicyclic) bond motifs is 1. The van der Waals surface area contributed by atoms with Crippen LogP contribution in [0.2, 0.25) is 0 Å². The number of carbonyl (C=O) groups is 2. The molecule has 1 saturated carbocycles. The number of aliphatic hydroxyl groups is 1. The fourth-order valence-corrected chi connectivity index (χ4v) is 3.13. The number of amides is 2. The monoisotopic (exact) mass is 293 g/mol. The molecule has 0 spiro atoms. The lowest BCUT2D eigenvalue weighted by Crippen LogP contribution is -2.43. The van der Waals surface area contributed by atoms with Gasteiger partial charge in [-0.15, -0.1) is 0 Å². The summed E-state index contributed by atoms with van der Waals surface area (Å²) in [6, 6.07) is -0.300. The molecule has 2 atom stereocenters. The van der Waals surface area contributed by atoms with Crippen molar-refractivity contribution in [3.63, 3.8) is 0 Å². The quantitative estimate of drug-likeness (QED) is 0.457. The van der Waals surface area contributed by atoms with E-state index in [1.54, 1.807) is 20.8 Å². The summed E-state index contributed by atoms with van der Waals surface area (Å²) < 4.78 is 5.35. The fourth-order valence-electron chi connectivity index (χ4n) is 3.13. The molecule has 1 N–H and O–H groups in total. The van der Waals surface area contributed by atoms with Crippen molar-refractivity contribution in [3.8, 4) is 0 Å². The number of ether oxygens (including phenoxy) is 1. The number of rotatable bonds is 1. The molecule has 0 radical (unpaired) electrons. The van der Waals surface area contributed by atoms with E-state index in [0.717, 1.165) is 31.1 Å². The second-order valence-electron chi connectivity index (χ2n) is 6.52.